The number of carbonyl (C=O) groups excluding carboxylic acids is 1. The van der Waals surface area contributed by atoms with Gasteiger partial charge in [-0.2, -0.15) is 0 Å². The number of nitrogens with zero attached hydrogens (tertiary/aromatic N) is 4. The van der Waals surface area contributed by atoms with E-state index in [4.69, 9.17) is 0 Å². The summed E-state index contributed by atoms with van der Waals surface area (Å²) in [7, 11) is 0. The topological polar surface area (TPSA) is 64.7 Å². The van der Waals surface area contributed by atoms with Gasteiger partial charge in [0.15, 0.2) is 0 Å². The number of carbonyl (C=O) groups is 1. The van der Waals surface area contributed by atoms with Gasteiger partial charge in [-0.25, -0.2) is 9.97 Å². The normalized spacial score (nSPS) is 19.4. The largest absolute Gasteiger partial charge is 0.353 e. The number of nitrogens with one attached hydrogen (secondary N) is 1. The van der Waals surface area contributed by atoms with Crippen LogP contribution in [0.5, 0.6) is 0 Å². The molecule has 0 spiro atoms. The van der Waals surface area contributed by atoms with Crippen LogP contribution < -0.4 is 5.32 Å². The Bertz CT molecular complexity index is 1140. The Morgan fingerprint density at radius 1 is 1.10 bits per heavy atom. The van der Waals surface area contributed by atoms with Crippen LogP contribution in [0.4, 0.5) is 0 Å². The minimum atomic E-state index is 0.128. The number of hydrogen-bond acceptors (Lipinski definition) is 3. The van der Waals surface area contributed by atoms with Gasteiger partial charge < -0.3 is 14.5 Å². The molecule has 6 heteroatoms. The maximum absolute atomic E-state index is 12.6. The van der Waals surface area contributed by atoms with Crippen molar-refractivity contribution in [2.75, 3.05) is 0 Å². The lowest BCUT2D eigenvalue weighted by molar-refractivity contribution is -0.122. The molecule has 1 aromatic heterocycles. The average Bonchev–Trinajstić information content (AvgIpc) is 3.36. The van der Waals surface area contributed by atoms with Gasteiger partial charge >= 0.3 is 0 Å². The highest BCUT2D eigenvalue weighted by Crippen LogP contribution is 2.32. The van der Waals surface area contributed by atoms with Crippen LogP contribution >= 0.6 is 0 Å². The molecule has 0 bridgehead atoms. The fourth-order valence-electron chi connectivity index (χ4n) is 4.78. The molecule has 2 aromatic rings. The number of para-hydroxylation sites is 2. The van der Waals surface area contributed by atoms with Crippen LogP contribution in [-0.2, 0) is 11.3 Å². The second-order valence-electron chi connectivity index (χ2n) is 8.26. The molecule has 0 unspecified atom stereocenters. The lowest BCUT2D eigenvalue weighted by Gasteiger charge is -2.31. The van der Waals surface area contributed by atoms with E-state index >= 15 is 0 Å². The van der Waals surface area contributed by atoms with E-state index in [1.807, 2.05) is 31.3 Å². The molecule has 5 rings (SSSR count). The third-order valence-electron chi connectivity index (χ3n) is 6.34. The summed E-state index contributed by atoms with van der Waals surface area (Å²) in [4.78, 5) is 21.7. The predicted molar refractivity (Wildman–Crippen MR) is 117 cm³/mol. The van der Waals surface area contributed by atoms with Crippen molar-refractivity contribution >= 4 is 16.9 Å². The van der Waals surface area contributed by atoms with E-state index < -0.39 is 0 Å². The monoisotopic (exact) mass is 401 g/mol. The smallest absolute Gasteiger partial charge is 0.222 e. The zero-order chi connectivity index (χ0) is 20.5. The molecule has 2 aliphatic heterocycles. The first kappa shape index (κ1) is 18.9. The van der Waals surface area contributed by atoms with Gasteiger partial charge in [-0.1, -0.05) is 12.1 Å². The first-order valence-electron chi connectivity index (χ1n) is 10.8. The van der Waals surface area contributed by atoms with Gasteiger partial charge in [0.2, 0.25) is 5.91 Å². The van der Waals surface area contributed by atoms with E-state index in [2.05, 4.69) is 54.9 Å². The van der Waals surface area contributed by atoms with Gasteiger partial charge in [0, 0.05) is 43.0 Å². The molecule has 1 aliphatic carbocycles. The van der Waals surface area contributed by atoms with Gasteiger partial charge in [-0.3, -0.25) is 4.79 Å². The Hall–Kier alpha value is -3.15. The fraction of sp³-hybridized carbons (Fsp3) is 0.375. The summed E-state index contributed by atoms with van der Waals surface area (Å²) in [6.07, 6.45) is 8.63. The Kier molecular flexibility index (Phi) is 4.99. The number of aryl methyl sites for hydroxylation is 2. The van der Waals surface area contributed by atoms with Crippen molar-refractivity contribution in [1.82, 2.24) is 24.4 Å². The van der Waals surface area contributed by atoms with E-state index in [9.17, 15) is 4.79 Å². The van der Waals surface area contributed by atoms with E-state index in [0.29, 0.717) is 19.0 Å². The van der Waals surface area contributed by atoms with Crippen molar-refractivity contribution in [3.05, 3.63) is 60.7 Å². The molecule has 1 fully saturated rings. The van der Waals surface area contributed by atoms with Crippen LogP contribution in [0.2, 0.25) is 0 Å². The van der Waals surface area contributed by atoms with Crippen molar-refractivity contribution in [3.63, 3.8) is 0 Å². The highest BCUT2D eigenvalue weighted by Gasteiger charge is 2.25. The SMILES string of the molecule is Cc1nc2ccccc2n1CCC(=O)NC1CCC(n2cccc3ccnc2-3)CC1. The third-order valence-corrected chi connectivity index (χ3v) is 6.34. The highest BCUT2D eigenvalue weighted by molar-refractivity contribution is 5.78. The van der Waals surface area contributed by atoms with Crippen LogP contribution in [0, 0.1) is 6.92 Å². The first-order valence-corrected chi connectivity index (χ1v) is 10.8. The summed E-state index contributed by atoms with van der Waals surface area (Å²) in [5.74, 6) is 2.15. The molecule has 1 amide bonds. The molecule has 1 N–H and O–H groups in total. The summed E-state index contributed by atoms with van der Waals surface area (Å²) in [6.45, 7) is 2.66. The van der Waals surface area contributed by atoms with Crippen LogP contribution in [-0.4, -0.2) is 31.1 Å². The highest BCUT2D eigenvalue weighted by atomic mass is 16.1. The summed E-state index contributed by atoms with van der Waals surface area (Å²) in [5.41, 5.74) is 3.27. The molecule has 6 nitrogen and oxygen atoms in total. The van der Waals surface area contributed by atoms with Crippen molar-refractivity contribution < 1.29 is 4.79 Å². The van der Waals surface area contributed by atoms with Crippen LogP contribution in [0.1, 0.15) is 44.0 Å². The zero-order valence-corrected chi connectivity index (χ0v) is 17.3. The molecule has 0 saturated heterocycles. The zero-order valence-electron chi connectivity index (χ0n) is 17.3. The van der Waals surface area contributed by atoms with Crippen LogP contribution in [0.25, 0.3) is 22.4 Å². The molecular weight excluding hydrogens is 374 g/mol. The predicted octanol–water partition coefficient (Wildman–Crippen LogP) is 4.34. The number of rotatable bonds is 5. The number of benzene rings is 1. The molecule has 1 saturated carbocycles. The number of imidazole rings is 1. The number of fused-ring (bicyclic) bond motifs is 2. The number of hydrogen-bond donors (Lipinski definition) is 1. The van der Waals surface area contributed by atoms with E-state index in [1.54, 1.807) is 0 Å². The lowest BCUT2D eigenvalue weighted by Crippen LogP contribution is -2.38. The average molecular weight is 402 g/mol. The lowest BCUT2D eigenvalue weighted by atomic mass is 9.90. The Labute approximate surface area is 176 Å². The molecule has 30 heavy (non-hydrogen) atoms. The molecule has 3 aliphatic rings. The fourth-order valence-corrected chi connectivity index (χ4v) is 4.78. The van der Waals surface area contributed by atoms with Crippen LogP contribution in [0.15, 0.2) is 54.9 Å². The van der Waals surface area contributed by atoms with E-state index in [-0.39, 0.29) is 11.9 Å². The minimum absolute atomic E-state index is 0.128. The first-order chi connectivity index (χ1) is 14.7. The maximum atomic E-state index is 12.6. The molecule has 0 atom stereocenters. The summed E-state index contributed by atoms with van der Waals surface area (Å²) < 4.78 is 4.44. The summed E-state index contributed by atoms with van der Waals surface area (Å²) >= 11 is 0. The van der Waals surface area contributed by atoms with Gasteiger partial charge in [-0.05, 0) is 62.9 Å². The number of pyridine rings is 1. The third kappa shape index (κ3) is 3.58. The molecule has 154 valence electrons. The maximum Gasteiger partial charge on any atom is 0.222 e. The number of amides is 1. The Morgan fingerprint density at radius 2 is 1.93 bits per heavy atom. The van der Waals surface area contributed by atoms with Crippen LogP contribution in [0.3, 0.4) is 0 Å². The van der Waals surface area contributed by atoms with Crippen molar-refractivity contribution in [3.8, 4) is 11.4 Å². The second-order valence-corrected chi connectivity index (χ2v) is 8.26. The molecule has 0 radical (unpaired) electrons. The Morgan fingerprint density at radius 3 is 2.80 bits per heavy atom. The summed E-state index contributed by atoms with van der Waals surface area (Å²) in [6, 6.07) is 15.1. The van der Waals surface area contributed by atoms with Gasteiger partial charge in [0.1, 0.15) is 11.6 Å². The minimum Gasteiger partial charge on any atom is -0.353 e. The van der Waals surface area contributed by atoms with Crippen molar-refractivity contribution in [2.24, 2.45) is 0 Å². The van der Waals surface area contributed by atoms with Crippen molar-refractivity contribution in [1.29, 1.82) is 0 Å². The summed E-state index contributed by atoms with van der Waals surface area (Å²) in [5, 5.41) is 3.26. The van der Waals surface area contributed by atoms with E-state index in [0.717, 1.165) is 48.4 Å². The molecule has 1 aromatic carbocycles. The number of aromatic nitrogens is 4. The standard InChI is InChI=1S/C24H27N5O/c1-17-26-21-6-2-3-7-22(21)28(17)16-13-23(30)27-19-8-10-20(11-9-19)29-15-4-5-18-12-14-25-24(18)29/h2-7,12,14-15,19-20H,8-11,13,16H2,1H3,(H,27,30). The van der Waals surface area contributed by atoms with Gasteiger partial charge in [0.25, 0.3) is 0 Å². The van der Waals surface area contributed by atoms with Crippen molar-refractivity contribution in [2.45, 2.75) is 57.7 Å². The Balaban J connectivity index is 1.15. The quantitative estimate of drug-likeness (QED) is 0.541. The van der Waals surface area contributed by atoms with E-state index in [1.165, 1.54) is 5.56 Å². The molecular formula is C24H27N5O. The van der Waals surface area contributed by atoms with Gasteiger partial charge in [0.05, 0.1) is 11.0 Å². The molecule has 3 heterocycles. The van der Waals surface area contributed by atoms with Gasteiger partial charge in [-0.15, -0.1) is 0 Å². The second kappa shape index (κ2) is 7.94.